The highest BCUT2D eigenvalue weighted by Crippen LogP contribution is 2.31. The minimum absolute atomic E-state index is 0.130. The Morgan fingerprint density at radius 2 is 2.11 bits per heavy atom. The summed E-state index contributed by atoms with van der Waals surface area (Å²) < 4.78 is 28.4. The molecule has 0 saturated heterocycles. The SMILES string of the molecule is CNC(c1cnn(C)c1)c1ccc(F)c(F)c1Br. The monoisotopic (exact) mass is 315 g/mol. The summed E-state index contributed by atoms with van der Waals surface area (Å²) in [6.45, 7) is 0. The van der Waals surface area contributed by atoms with Crippen LogP contribution in [-0.4, -0.2) is 16.8 Å². The third-order valence-electron chi connectivity index (χ3n) is 2.72. The van der Waals surface area contributed by atoms with E-state index in [2.05, 4.69) is 26.3 Å². The van der Waals surface area contributed by atoms with Gasteiger partial charge in [-0.15, -0.1) is 0 Å². The molecule has 0 aliphatic heterocycles. The fourth-order valence-corrected chi connectivity index (χ4v) is 2.41. The van der Waals surface area contributed by atoms with Gasteiger partial charge in [0, 0.05) is 18.8 Å². The second-order valence-electron chi connectivity index (χ2n) is 3.93. The first-order chi connectivity index (χ1) is 8.54. The summed E-state index contributed by atoms with van der Waals surface area (Å²) in [5.41, 5.74) is 1.51. The second-order valence-corrected chi connectivity index (χ2v) is 4.73. The topological polar surface area (TPSA) is 29.9 Å². The molecule has 2 rings (SSSR count). The molecule has 1 heterocycles. The zero-order valence-corrected chi connectivity index (χ0v) is 11.5. The van der Waals surface area contributed by atoms with Crippen LogP contribution in [-0.2, 0) is 7.05 Å². The summed E-state index contributed by atoms with van der Waals surface area (Å²) in [5, 5.41) is 7.14. The number of hydrogen-bond donors (Lipinski definition) is 1. The number of aryl methyl sites for hydroxylation is 1. The highest BCUT2D eigenvalue weighted by Gasteiger charge is 2.20. The van der Waals surface area contributed by atoms with Crippen LogP contribution in [0.25, 0.3) is 0 Å². The Kier molecular flexibility index (Phi) is 3.77. The summed E-state index contributed by atoms with van der Waals surface area (Å²) in [6.07, 6.45) is 3.52. The molecule has 0 amide bonds. The Morgan fingerprint density at radius 3 is 2.67 bits per heavy atom. The molecule has 0 radical (unpaired) electrons. The maximum absolute atomic E-state index is 13.5. The number of nitrogens with zero attached hydrogens (tertiary/aromatic N) is 2. The van der Waals surface area contributed by atoms with Gasteiger partial charge in [-0.2, -0.15) is 5.10 Å². The van der Waals surface area contributed by atoms with Crippen molar-refractivity contribution in [3.63, 3.8) is 0 Å². The van der Waals surface area contributed by atoms with Crippen LogP contribution in [0, 0.1) is 11.6 Å². The van der Waals surface area contributed by atoms with Gasteiger partial charge in [0.2, 0.25) is 0 Å². The smallest absolute Gasteiger partial charge is 0.173 e. The molecule has 0 fully saturated rings. The highest BCUT2D eigenvalue weighted by atomic mass is 79.9. The van der Waals surface area contributed by atoms with Gasteiger partial charge in [0.25, 0.3) is 0 Å². The third kappa shape index (κ3) is 2.30. The van der Waals surface area contributed by atoms with E-state index in [-0.39, 0.29) is 10.5 Å². The van der Waals surface area contributed by atoms with Crippen LogP contribution in [0.3, 0.4) is 0 Å². The van der Waals surface area contributed by atoms with Crippen molar-refractivity contribution < 1.29 is 8.78 Å². The van der Waals surface area contributed by atoms with Gasteiger partial charge in [-0.25, -0.2) is 8.78 Å². The Balaban J connectivity index is 2.49. The molecule has 1 aromatic carbocycles. The highest BCUT2D eigenvalue weighted by molar-refractivity contribution is 9.10. The largest absolute Gasteiger partial charge is 0.309 e. The molecule has 3 nitrogen and oxygen atoms in total. The standard InChI is InChI=1S/C12H12BrF2N3/c1-16-12(7-5-17-18(2)6-7)8-3-4-9(14)11(15)10(8)13/h3-6,12,16H,1-2H3. The average Bonchev–Trinajstić information content (AvgIpc) is 2.77. The molecule has 0 spiro atoms. The van der Waals surface area contributed by atoms with Crippen LogP contribution >= 0.6 is 15.9 Å². The van der Waals surface area contributed by atoms with E-state index >= 15 is 0 Å². The van der Waals surface area contributed by atoms with E-state index in [0.717, 1.165) is 11.6 Å². The normalized spacial score (nSPS) is 12.7. The van der Waals surface area contributed by atoms with E-state index in [0.29, 0.717) is 5.56 Å². The molecule has 0 aliphatic carbocycles. The van der Waals surface area contributed by atoms with Gasteiger partial charge >= 0.3 is 0 Å². The predicted molar refractivity (Wildman–Crippen MR) is 68.2 cm³/mol. The fraction of sp³-hybridized carbons (Fsp3) is 0.250. The van der Waals surface area contributed by atoms with Gasteiger partial charge < -0.3 is 5.32 Å². The molecule has 96 valence electrons. The van der Waals surface area contributed by atoms with Crippen LogP contribution in [0.2, 0.25) is 0 Å². The lowest BCUT2D eigenvalue weighted by atomic mass is 10.0. The van der Waals surface area contributed by atoms with E-state index < -0.39 is 11.6 Å². The zero-order chi connectivity index (χ0) is 13.3. The average molecular weight is 316 g/mol. The van der Waals surface area contributed by atoms with Gasteiger partial charge in [-0.3, -0.25) is 4.68 Å². The first-order valence-electron chi connectivity index (χ1n) is 5.33. The molecule has 1 unspecified atom stereocenters. The van der Waals surface area contributed by atoms with Crippen molar-refractivity contribution in [3.8, 4) is 0 Å². The van der Waals surface area contributed by atoms with Gasteiger partial charge in [0.15, 0.2) is 11.6 Å². The molecule has 0 saturated carbocycles. The van der Waals surface area contributed by atoms with Crippen molar-refractivity contribution >= 4 is 15.9 Å². The molecule has 0 bridgehead atoms. The minimum Gasteiger partial charge on any atom is -0.309 e. The minimum atomic E-state index is -0.878. The summed E-state index contributed by atoms with van der Waals surface area (Å²) in [4.78, 5) is 0. The van der Waals surface area contributed by atoms with Crippen LogP contribution in [0.1, 0.15) is 17.2 Å². The third-order valence-corrected chi connectivity index (χ3v) is 3.53. The lowest BCUT2D eigenvalue weighted by Crippen LogP contribution is -2.18. The first kappa shape index (κ1) is 13.2. The Morgan fingerprint density at radius 1 is 1.39 bits per heavy atom. The van der Waals surface area contributed by atoms with E-state index in [4.69, 9.17) is 0 Å². The first-order valence-corrected chi connectivity index (χ1v) is 6.13. The molecule has 1 atom stereocenters. The Hall–Kier alpha value is -1.27. The predicted octanol–water partition coefficient (Wildman–Crippen LogP) is 2.77. The molecule has 1 N–H and O–H groups in total. The maximum Gasteiger partial charge on any atom is 0.173 e. The van der Waals surface area contributed by atoms with Crippen molar-refractivity contribution in [2.75, 3.05) is 7.05 Å². The Labute approximate surface area is 112 Å². The van der Waals surface area contributed by atoms with Crippen molar-refractivity contribution in [3.05, 3.63) is 51.8 Å². The van der Waals surface area contributed by atoms with Crippen LogP contribution < -0.4 is 5.32 Å². The summed E-state index contributed by atoms with van der Waals surface area (Å²) in [7, 11) is 3.56. The molecule has 0 aliphatic rings. The zero-order valence-electron chi connectivity index (χ0n) is 9.92. The van der Waals surface area contributed by atoms with Crippen molar-refractivity contribution in [2.24, 2.45) is 7.05 Å². The Bertz CT molecular complexity index is 568. The van der Waals surface area contributed by atoms with E-state index in [9.17, 15) is 8.78 Å². The van der Waals surface area contributed by atoms with Crippen LogP contribution in [0.15, 0.2) is 29.0 Å². The second kappa shape index (κ2) is 5.16. The molecule has 6 heteroatoms. The van der Waals surface area contributed by atoms with E-state index in [1.54, 1.807) is 31.0 Å². The quantitative estimate of drug-likeness (QED) is 0.883. The summed E-state index contributed by atoms with van der Waals surface area (Å²) >= 11 is 3.09. The van der Waals surface area contributed by atoms with Gasteiger partial charge in [0.05, 0.1) is 16.7 Å². The number of aromatic nitrogens is 2. The van der Waals surface area contributed by atoms with Gasteiger partial charge in [-0.1, -0.05) is 6.07 Å². The molecule has 2 aromatic rings. The molecule has 18 heavy (non-hydrogen) atoms. The van der Waals surface area contributed by atoms with Crippen molar-refractivity contribution in [1.82, 2.24) is 15.1 Å². The number of benzene rings is 1. The number of halogens is 3. The number of hydrogen-bond acceptors (Lipinski definition) is 2. The lowest BCUT2D eigenvalue weighted by Gasteiger charge is -2.17. The lowest BCUT2D eigenvalue weighted by molar-refractivity contribution is 0.499. The molecular weight excluding hydrogens is 304 g/mol. The van der Waals surface area contributed by atoms with Gasteiger partial charge in [-0.05, 0) is 34.6 Å². The molecule has 1 aromatic heterocycles. The van der Waals surface area contributed by atoms with Crippen LogP contribution in [0.4, 0.5) is 8.78 Å². The van der Waals surface area contributed by atoms with Gasteiger partial charge in [0.1, 0.15) is 0 Å². The number of rotatable bonds is 3. The van der Waals surface area contributed by atoms with Crippen molar-refractivity contribution in [1.29, 1.82) is 0 Å². The summed E-state index contributed by atoms with van der Waals surface area (Å²) in [6, 6.07) is 2.43. The van der Waals surface area contributed by atoms with Crippen molar-refractivity contribution in [2.45, 2.75) is 6.04 Å². The fourth-order valence-electron chi connectivity index (χ4n) is 1.85. The van der Waals surface area contributed by atoms with E-state index in [1.165, 1.54) is 0 Å². The maximum atomic E-state index is 13.5. The van der Waals surface area contributed by atoms with Crippen LogP contribution in [0.5, 0.6) is 0 Å². The van der Waals surface area contributed by atoms with E-state index in [1.807, 2.05) is 6.20 Å². The summed E-state index contributed by atoms with van der Waals surface area (Å²) in [5.74, 6) is -1.75. The number of nitrogens with one attached hydrogen (secondary N) is 1. The molecular formula is C12H12BrF2N3.